The number of nitrogens with zero attached hydrogens (tertiary/aromatic N) is 2. The van der Waals surface area contributed by atoms with E-state index in [-0.39, 0.29) is 17.9 Å². The fraction of sp³-hybridized carbons (Fsp3) is 0.875. The largest absolute Gasteiger partial charge is 0.345 e. The van der Waals surface area contributed by atoms with Crippen molar-refractivity contribution in [3.05, 3.63) is 0 Å². The Morgan fingerprint density at radius 3 is 2.41 bits per heavy atom. The summed E-state index contributed by atoms with van der Waals surface area (Å²) in [7, 11) is 1.81. The molecular weight excluding hydrogens is 298 g/mol. The molecule has 0 aliphatic carbocycles. The molecule has 1 fully saturated rings. The summed E-state index contributed by atoms with van der Waals surface area (Å²) in [5, 5.41) is 0. The Bertz CT molecular complexity index is 357. The fourth-order valence-electron chi connectivity index (χ4n) is 2.37. The molecule has 5 nitrogen and oxygen atoms in total. The topological polar surface area (TPSA) is 66.6 Å². The van der Waals surface area contributed by atoms with E-state index in [0.29, 0.717) is 24.0 Å². The second kappa shape index (κ2) is 10.1. The molecule has 1 rings (SSSR count). The van der Waals surface area contributed by atoms with Crippen molar-refractivity contribution < 1.29 is 9.59 Å². The van der Waals surface area contributed by atoms with E-state index in [1.54, 1.807) is 4.90 Å². The van der Waals surface area contributed by atoms with Gasteiger partial charge in [-0.3, -0.25) is 9.59 Å². The van der Waals surface area contributed by atoms with Gasteiger partial charge in [-0.15, -0.1) is 11.8 Å². The molecule has 1 saturated heterocycles. The van der Waals surface area contributed by atoms with E-state index in [1.165, 1.54) is 18.2 Å². The van der Waals surface area contributed by atoms with Crippen LogP contribution in [0.4, 0.5) is 0 Å². The van der Waals surface area contributed by atoms with Gasteiger partial charge in [-0.25, -0.2) is 0 Å². The molecule has 0 spiro atoms. The van der Waals surface area contributed by atoms with Crippen LogP contribution in [-0.2, 0) is 9.59 Å². The summed E-state index contributed by atoms with van der Waals surface area (Å²) < 4.78 is 0. The Labute approximate surface area is 139 Å². The molecule has 128 valence electrons. The summed E-state index contributed by atoms with van der Waals surface area (Å²) in [5.41, 5.74) is 5.99. The molecule has 1 unspecified atom stereocenters. The smallest absolute Gasteiger partial charge is 0.232 e. The minimum absolute atomic E-state index is 0.0763. The third kappa shape index (κ3) is 7.01. The maximum absolute atomic E-state index is 12.0. The average molecular weight is 330 g/mol. The third-order valence-corrected chi connectivity index (χ3v) is 5.14. The van der Waals surface area contributed by atoms with E-state index in [4.69, 9.17) is 5.73 Å². The highest BCUT2D eigenvalue weighted by Crippen LogP contribution is 2.12. The van der Waals surface area contributed by atoms with Crippen molar-refractivity contribution >= 4 is 23.6 Å². The Kier molecular flexibility index (Phi) is 8.86. The van der Waals surface area contributed by atoms with Gasteiger partial charge in [0, 0.05) is 32.7 Å². The van der Waals surface area contributed by atoms with Crippen LogP contribution in [0.3, 0.4) is 0 Å². The van der Waals surface area contributed by atoms with Gasteiger partial charge in [-0.05, 0) is 31.6 Å². The van der Waals surface area contributed by atoms with Gasteiger partial charge in [-0.2, -0.15) is 0 Å². The zero-order valence-electron chi connectivity index (χ0n) is 14.2. The van der Waals surface area contributed by atoms with Crippen molar-refractivity contribution in [2.75, 3.05) is 38.2 Å². The number of carbonyl (C=O) groups excluding carboxylic acids is 2. The highest BCUT2D eigenvalue weighted by atomic mass is 32.2. The highest BCUT2D eigenvalue weighted by Gasteiger charge is 2.17. The van der Waals surface area contributed by atoms with E-state index in [2.05, 4.69) is 13.8 Å². The van der Waals surface area contributed by atoms with Gasteiger partial charge in [0.2, 0.25) is 11.8 Å². The predicted octanol–water partition coefficient (Wildman–Crippen LogP) is 1.56. The highest BCUT2D eigenvalue weighted by molar-refractivity contribution is 8.00. The minimum Gasteiger partial charge on any atom is -0.345 e. The Hall–Kier alpha value is -0.750. The van der Waals surface area contributed by atoms with Crippen LogP contribution in [0.2, 0.25) is 0 Å². The van der Waals surface area contributed by atoms with Crippen molar-refractivity contribution in [2.24, 2.45) is 11.7 Å². The Balaban J connectivity index is 2.17. The maximum Gasteiger partial charge on any atom is 0.232 e. The first-order valence-electron chi connectivity index (χ1n) is 8.27. The second-order valence-electron chi connectivity index (χ2n) is 6.45. The van der Waals surface area contributed by atoms with Gasteiger partial charge >= 0.3 is 0 Å². The molecule has 0 saturated carbocycles. The van der Waals surface area contributed by atoms with E-state index in [9.17, 15) is 9.59 Å². The SMILES string of the molecule is CC(C)C(N)CCN(C)C(=O)CSCC(=O)N1CCCCC1. The molecule has 22 heavy (non-hydrogen) atoms. The molecule has 0 radical (unpaired) electrons. The lowest BCUT2D eigenvalue weighted by molar-refractivity contribution is -0.129. The first-order valence-corrected chi connectivity index (χ1v) is 9.42. The lowest BCUT2D eigenvalue weighted by Gasteiger charge is -2.26. The Morgan fingerprint density at radius 1 is 1.18 bits per heavy atom. The lowest BCUT2D eigenvalue weighted by Crippen LogP contribution is -2.37. The minimum atomic E-state index is 0.0763. The van der Waals surface area contributed by atoms with Crippen LogP contribution in [0.25, 0.3) is 0 Å². The molecular formula is C16H31N3O2S. The molecule has 1 atom stereocenters. The molecule has 2 amide bonds. The zero-order chi connectivity index (χ0) is 16.5. The molecule has 1 aliphatic heterocycles. The van der Waals surface area contributed by atoms with Crippen LogP contribution < -0.4 is 5.73 Å². The van der Waals surface area contributed by atoms with Crippen LogP contribution in [0.5, 0.6) is 0 Å². The van der Waals surface area contributed by atoms with Gasteiger partial charge in [0.1, 0.15) is 0 Å². The number of amides is 2. The number of hydrogen-bond donors (Lipinski definition) is 1. The summed E-state index contributed by atoms with van der Waals surface area (Å²) >= 11 is 1.42. The van der Waals surface area contributed by atoms with Crippen LogP contribution in [0, 0.1) is 5.92 Å². The van der Waals surface area contributed by atoms with E-state index < -0.39 is 0 Å². The number of nitrogens with two attached hydrogens (primary N) is 1. The monoisotopic (exact) mass is 329 g/mol. The van der Waals surface area contributed by atoms with E-state index in [1.807, 2.05) is 11.9 Å². The first kappa shape index (κ1) is 19.3. The second-order valence-corrected chi connectivity index (χ2v) is 7.43. The third-order valence-electron chi connectivity index (χ3n) is 4.24. The summed E-state index contributed by atoms with van der Waals surface area (Å²) in [6.45, 7) is 6.61. The molecule has 0 bridgehead atoms. The van der Waals surface area contributed by atoms with E-state index in [0.717, 1.165) is 32.4 Å². The van der Waals surface area contributed by atoms with Crippen molar-refractivity contribution in [2.45, 2.75) is 45.6 Å². The molecule has 2 N–H and O–H groups in total. The molecule has 0 aromatic carbocycles. The normalized spacial score (nSPS) is 16.7. The van der Waals surface area contributed by atoms with Gasteiger partial charge in [0.25, 0.3) is 0 Å². The first-order chi connectivity index (χ1) is 10.4. The Morgan fingerprint density at radius 2 is 1.82 bits per heavy atom. The maximum atomic E-state index is 12.0. The van der Waals surface area contributed by atoms with Gasteiger partial charge in [0.15, 0.2) is 0 Å². The summed E-state index contributed by atoms with van der Waals surface area (Å²) in [6.07, 6.45) is 4.25. The molecule has 0 aromatic heterocycles. The number of rotatable bonds is 8. The molecule has 1 heterocycles. The van der Waals surface area contributed by atoms with Crippen LogP contribution in [-0.4, -0.2) is 65.8 Å². The average Bonchev–Trinajstić information content (AvgIpc) is 2.52. The fourth-order valence-corrected chi connectivity index (χ4v) is 3.23. The number of hydrogen-bond acceptors (Lipinski definition) is 4. The number of carbonyl (C=O) groups is 2. The summed E-state index contributed by atoms with van der Waals surface area (Å²) in [6, 6.07) is 0.128. The van der Waals surface area contributed by atoms with Gasteiger partial charge < -0.3 is 15.5 Å². The lowest BCUT2D eigenvalue weighted by atomic mass is 10.0. The quantitative estimate of drug-likeness (QED) is 0.734. The van der Waals surface area contributed by atoms with Crippen molar-refractivity contribution in [1.82, 2.24) is 9.80 Å². The van der Waals surface area contributed by atoms with Gasteiger partial charge in [-0.1, -0.05) is 13.8 Å². The van der Waals surface area contributed by atoms with Crippen LogP contribution >= 0.6 is 11.8 Å². The number of piperidine rings is 1. The number of likely N-dealkylation sites (tertiary alicyclic amines) is 1. The molecule has 6 heteroatoms. The van der Waals surface area contributed by atoms with Crippen LogP contribution in [0.15, 0.2) is 0 Å². The van der Waals surface area contributed by atoms with Crippen molar-refractivity contribution in [3.63, 3.8) is 0 Å². The standard InChI is InChI=1S/C16H31N3O2S/c1-13(2)14(17)7-10-18(3)15(20)11-22-12-16(21)19-8-5-4-6-9-19/h13-14H,4-12,17H2,1-3H3. The van der Waals surface area contributed by atoms with Gasteiger partial charge in [0.05, 0.1) is 11.5 Å². The molecule has 1 aliphatic rings. The van der Waals surface area contributed by atoms with Crippen molar-refractivity contribution in [1.29, 1.82) is 0 Å². The van der Waals surface area contributed by atoms with Crippen molar-refractivity contribution in [3.8, 4) is 0 Å². The summed E-state index contributed by atoms with van der Waals surface area (Å²) in [5.74, 6) is 1.45. The molecule has 0 aromatic rings. The summed E-state index contributed by atoms with van der Waals surface area (Å²) in [4.78, 5) is 27.7. The predicted molar refractivity (Wildman–Crippen MR) is 92.8 cm³/mol. The van der Waals surface area contributed by atoms with Crippen LogP contribution in [0.1, 0.15) is 39.5 Å². The van der Waals surface area contributed by atoms with E-state index >= 15 is 0 Å². The zero-order valence-corrected chi connectivity index (χ0v) is 15.0. The number of thioether (sulfide) groups is 1.